The molecule has 0 aromatic heterocycles. The van der Waals surface area contributed by atoms with Crippen molar-refractivity contribution in [3.63, 3.8) is 0 Å². The van der Waals surface area contributed by atoms with Crippen LogP contribution in [0.15, 0.2) is 0 Å². The minimum Gasteiger partial charge on any atom is -0.147 e. The average Bonchev–Trinajstić information content (AvgIpc) is 0. The first-order valence-electron chi connectivity index (χ1n) is 0. The fourth-order valence-corrected chi connectivity index (χ4v) is 0. The standard InChI is InChI=1S/6ClH.3S/h6*1H;;;. The number of hydrogen-bond donors (Lipinski definition) is 0. The van der Waals surface area contributed by atoms with Gasteiger partial charge in [0.1, 0.15) is 0 Å². The lowest BCUT2D eigenvalue weighted by Gasteiger charge is -0.148. The molecule has 0 saturated heterocycles. The van der Waals surface area contributed by atoms with Gasteiger partial charge in [-0.15, -0.1) is 74.4 Å². The lowest BCUT2D eigenvalue weighted by Crippen LogP contribution is 0.647. The Labute approximate surface area is 114 Å². The summed E-state index contributed by atoms with van der Waals surface area (Å²) in [6.45, 7) is 0. The highest BCUT2D eigenvalue weighted by atomic mass is 35.5. The molecule has 9 heavy (non-hydrogen) atoms. The molecule has 0 aliphatic heterocycles. The summed E-state index contributed by atoms with van der Waals surface area (Å²) in [5, 5.41) is 0. The Kier molecular flexibility index (Phi) is 2600. The number of rotatable bonds is 0. The third-order valence-electron chi connectivity index (χ3n) is 0. The highest BCUT2D eigenvalue weighted by Gasteiger charge is 0.00213. The van der Waals surface area contributed by atoms with Crippen molar-refractivity contribution in [2.24, 2.45) is 0 Å². The van der Waals surface area contributed by atoms with E-state index in [1.807, 2.05) is 0 Å². The predicted molar refractivity (Wildman–Crippen MR) is 66.3 cm³/mol. The minimum absolute atomic E-state index is 0. The van der Waals surface area contributed by atoms with Crippen LogP contribution in [0.25, 0.3) is 0 Å². The monoisotopic (exact) mass is 312 g/mol. The zero-order valence-corrected chi connectivity index (χ0v) is 11.0. The molecule has 9 heteroatoms. The van der Waals surface area contributed by atoms with Crippen LogP contribution in [0, 0.1) is 0 Å². The first kappa shape index (κ1) is 176. The first-order chi connectivity index (χ1) is 0. The van der Waals surface area contributed by atoms with Crippen molar-refractivity contribution in [3.05, 3.63) is 0 Å². The van der Waals surface area contributed by atoms with Gasteiger partial charge in [0.15, 0.2) is 0 Å². The van der Waals surface area contributed by atoms with Crippen LogP contribution >= 0.6 is 115 Å². The van der Waals surface area contributed by atoms with E-state index in [1.54, 1.807) is 0 Å². The summed E-state index contributed by atoms with van der Waals surface area (Å²) in [5.74, 6) is 0. The smallest absolute Gasteiger partial charge is 0 e. The molecule has 6 radical (unpaired) electrons. The van der Waals surface area contributed by atoms with Crippen molar-refractivity contribution < 1.29 is 0 Å². The van der Waals surface area contributed by atoms with Crippen LogP contribution in [0.1, 0.15) is 0 Å². The normalized spacial score (nSPS) is 0. The molecule has 66 valence electrons. The summed E-state index contributed by atoms with van der Waals surface area (Å²) >= 11 is 0. The second kappa shape index (κ2) is 133. The summed E-state index contributed by atoms with van der Waals surface area (Å²) in [5.41, 5.74) is 0. The third kappa shape index (κ3) is 107. The molecular formula is H6Cl6S3. The van der Waals surface area contributed by atoms with Crippen LogP contribution in [0.3, 0.4) is 0 Å². The Balaban J connectivity index is 0. The highest BCUT2D eigenvalue weighted by molar-refractivity contribution is 7.59. The molecular weight excluding hydrogens is 309 g/mol. The predicted octanol–water partition coefficient (Wildman–Crippen LogP) is 4.48. The maximum absolute atomic E-state index is 0. The molecule has 0 fully saturated rings. The van der Waals surface area contributed by atoms with Crippen molar-refractivity contribution in [2.45, 2.75) is 0 Å². The highest BCUT2D eigenvalue weighted by Crippen LogP contribution is 0.695. The molecule has 0 aromatic carbocycles. The van der Waals surface area contributed by atoms with Crippen LogP contribution in [0.4, 0.5) is 0 Å². The molecule has 0 aliphatic carbocycles. The van der Waals surface area contributed by atoms with Gasteiger partial charge in [-0.3, -0.25) is 0 Å². The van der Waals surface area contributed by atoms with Crippen LogP contribution < -0.4 is 0 Å². The lowest BCUT2D eigenvalue weighted by atomic mass is 32.1. The van der Waals surface area contributed by atoms with Crippen LogP contribution in [0.5, 0.6) is 0 Å². The molecule has 0 N–H and O–H groups in total. The minimum atomic E-state index is 0. The first-order valence-corrected chi connectivity index (χ1v) is 0. The molecule has 0 unspecified atom stereocenters. The van der Waals surface area contributed by atoms with Crippen molar-refractivity contribution in [2.75, 3.05) is 0 Å². The summed E-state index contributed by atoms with van der Waals surface area (Å²) in [7, 11) is 0. The van der Waals surface area contributed by atoms with E-state index < -0.39 is 0 Å². The lowest BCUT2D eigenvalue weighted by molar-refractivity contribution is 5.85. The van der Waals surface area contributed by atoms with Gasteiger partial charge >= 0.3 is 0 Å². The zero-order valence-electron chi connectivity index (χ0n) is 3.67. The van der Waals surface area contributed by atoms with Gasteiger partial charge in [-0.05, 0) is 0 Å². The summed E-state index contributed by atoms with van der Waals surface area (Å²) in [6, 6.07) is 0. The van der Waals surface area contributed by atoms with Gasteiger partial charge < -0.3 is 0 Å². The van der Waals surface area contributed by atoms with Crippen molar-refractivity contribution in [1.82, 2.24) is 0 Å². The van der Waals surface area contributed by atoms with E-state index in [2.05, 4.69) is 0 Å². The molecule has 0 spiro atoms. The average molecular weight is 315 g/mol. The summed E-state index contributed by atoms with van der Waals surface area (Å²) in [6.07, 6.45) is 0. The fourth-order valence-electron chi connectivity index (χ4n) is 0. The number of hydrogen-bond acceptors (Lipinski definition) is 0. The van der Waals surface area contributed by atoms with Crippen LogP contribution in [-0.2, 0) is 0 Å². The van der Waals surface area contributed by atoms with Gasteiger partial charge in [0.25, 0.3) is 0 Å². The van der Waals surface area contributed by atoms with E-state index in [1.165, 1.54) is 0 Å². The van der Waals surface area contributed by atoms with E-state index in [9.17, 15) is 0 Å². The molecule has 0 aliphatic rings. The number of halogens is 6. The second-order valence-corrected chi connectivity index (χ2v) is 0. The van der Waals surface area contributed by atoms with Gasteiger partial charge in [0.2, 0.25) is 0 Å². The van der Waals surface area contributed by atoms with Gasteiger partial charge in [0, 0.05) is 40.5 Å². The van der Waals surface area contributed by atoms with Gasteiger partial charge in [-0.2, -0.15) is 0 Å². The SMILES string of the molecule is Cl.Cl.Cl.Cl.Cl.Cl.[S].[S].[S]. The van der Waals surface area contributed by atoms with Crippen LogP contribution in [-0.4, -0.2) is 0 Å². The fraction of sp³-hybridized carbons (Fsp3) is 0. The topological polar surface area (TPSA) is 0 Å². The summed E-state index contributed by atoms with van der Waals surface area (Å²) < 4.78 is 0. The quantitative estimate of drug-likeness (QED) is 0.618. The molecule has 0 aromatic rings. The molecule has 0 nitrogen and oxygen atoms in total. The van der Waals surface area contributed by atoms with E-state index >= 15 is 0 Å². The third-order valence-corrected chi connectivity index (χ3v) is 0. The molecule has 0 atom stereocenters. The van der Waals surface area contributed by atoms with Crippen molar-refractivity contribution in [1.29, 1.82) is 0 Å². The Morgan fingerprint density at radius 2 is 0.222 bits per heavy atom. The Morgan fingerprint density at radius 1 is 0.222 bits per heavy atom. The molecule has 0 amide bonds. The van der Waals surface area contributed by atoms with Crippen LogP contribution in [0.2, 0.25) is 0 Å². The van der Waals surface area contributed by atoms with Gasteiger partial charge in [0.05, 0.1) is 0 Å². The molecule has 0 bridgehead atoms. The second-order valence-electron chi connectivity index (χ2n) is 0. The van der Waals surface area contributed by atoms with Gasteiger partial charge in [-0.25, -0.2) is 0 Å². The van der Waals surface area contributed by atoms with Crippen molar-refractivity contribution >= 4 is 115 Å². The molecule has 0 saturated carbocycles. The Hall–Kier alpha value is 2.79. The molecule has 0 rings (SSSR count). The maximum Gasteiger partial charge on any atom is 0 e. The summed E-state index contributed by atoms with van der Waals surface area (Å²) in [4.78, 5) is 0. The van der Waals surface area contributed by atoms with Crippen molar-refractivity contribution in [3.8, 4) is 0 Å². The zero-order chi connectivity index (χ0) is 0. The van der Waals surface area contributed by atoms with E-state index in [0.29, 0.717) is 0 Å². The van der Waals surface area contributed by atoms with E-state index in [4.69, 9.17) is 0 Å². The Bertz CT molecular complexity index is 8.26. The van der Waals surface area contributed by atoms with E-state index in [-0.39, 0.29) is 115 Å². The largest absolute Gasteiger partial charge is 0.147 e. The van der Waals surface area contributed by atoms with E-state index in [0.717, 1.165) is 0 Å². The molecule has 0 heterocycles. The Morgan fingerprint density at radius 3 is 0.222 bits per heavy atom. The maximum atomic E-state index is 0. The van der Waals surface area contributed by atoms with Gasteiger partial charge in [-0.1, -0.05) is 0 Å².